The smallest absolute Gasteiger partial charge is 0.137 e. The SMILES string of the molecule is COc1ccc(C(C#N)Cc2ccc(OC)c(Cl)c2)cc1. The van der Waals surface area contributed by atoms with Crippen LogP contribution in [0.4, 0.5) is 0 Å². The highest BCUT2D eigenvalue weighted by Crippen LogP contribution is 2.28. The fourth-order valence-electron chi connectivity index (χ4n) is 2.15. The molecule has 0 amide bonds. The van der Waals surface area contributed by atoms with Crippen molar-refractivity contribution in [3.8, 4) is 17.6 Å². The van der Waals surface area contributed by atoms with Crippen LogP contribution in [-0.2, 0) is 6.42 Å². The Balaban J connectivity index is 2.18. The number of rotatable bonds is 5. The highest BCUT2D eigenvalue weighted by Gasteiger charge is 2.13. The average Bonchev–Trinajstić information content (AvgIpc) is 2.53. The summed E-state index contributed by atoms with van der Waals surface area (Å²) in [4.78, 5) is 0. The van der Waals surface area contributed by atoms with E-state index in [2.05, 4.69) is 6.07 Å². The fraction of sp³-hybridized carbons (Fsp3) is 0.235. The molecule has 0 aromatic heterocycles. The number of halogens is 1. The Labute approximate surface area is 129 Å². The van der Waals surface area contributed by atoms with Crippen molar-refractivity contribution in [2.45, 2.75) is 12.3 Å². The first-order valence-corrected chi connectivity index (χ1v) is 6.91. The van der Waals surface area contributed by atoms with Crippen molar-refractivity contribution in [2.75, 3.05) is 14.2 Å². The Morgan fingerprint density at radius 2 is 1.81 bits per heavy atom. The molecule has 0 bridgehead atoms. The predicted molar refractivity (Wildman–Crippen MR) is 83.1 cm³/mol. The van der Waals surface area contributed by atoms with E-state index in [1.165, 1.54) is 0 Å². The molecule has 0 heterocycles. The number of ether oxygens (including phenoxy) is 2. The van der Waals surface area contributed by atoms with Crippen molar-refractivity contribution in [3.63, 3.8) is 0 Å². The molecule has 0 aliphatic carbocycles. The van der Waals surface area contributed by atoms with Crippen molar-refractivity contribution in [2.24, 2.45) is 0 Å². The van der Waals surface area contributed by atoms with Crippen molar-refractivity contribution in [1.29, 1.82) is 5.26 Å². The van der Waals surface area contributed by atoms with E-state index in [1.54, 1.807) is 14.2 Å². The molecule has 2 rings (SSSR count). The highest BCUT2D eigenvalue weighted by molar-refractivity contribution is 6.32. The van der Waals surface area contributed by atoms with Crippen molar-refractivity contribution in [3.05, 3.63) is 58.6 Å². The molecule has 0 spiro atoms. The lowest BCUT2D eigenvalue weighted by Crippen LogP contribution is -2.01. The molecule has 1 unspecified atom stereocenters. The number of nitrogens with zero attached hydrogens (tertiary/aromatic N) is 1. The van der Waals surface area contributed by atoms with E-state index >= 15 is 0 Å². The van der Waals surface area contributed by atoms with E-state index in [0.717, 1.165) is 16.9 Å². The second-order valence-corrected chi connectivity index (χ2v) is 5.04. The van der Waals surface area contributed by atoms with E-state index in [-0.39, 0.29) is 5.92 Å². The molecule has 0 saturated heterocycles. The van der Waals surface area contributed by atoms with Gasteiger partial charge in [-0.25, -0.2) is 0 Å². The second kappa shape index (κ2) is 7.01. The zero-order valence-corrected chi connectivity index (χ0v) is 12.7. The summed E-state index contributed by atoms with van der Waals surface area (Å²) >= 11 is 6.12. The van der Waals surface area contributed by atoms with Crippen LogP contribution >= 0.6 is 11.6 Å². The summed E-state index contributed by atoms with van der Waals surface area (Å²) in [6, 6.07) is 15.5. The Hall–Kier alpha value is -2.18. The van der Waals surface area contributed by atoms with Crippen molar-refractivity contribution in [1.82, 2.24) is 0 Å². The van der Waals surface area contributed by atoms with E-state index in [0.29, 0.717) is 17.2 Å². The van der Waals surface area contributed by atoms with Gasteiger partial charge in [-0.2, -0.15) is 5.26 Å². The predicted octanol–water partition coefficient (Wildman–Crippen LogP) is 4.21. The van der Waals surface area contributed by atoms with Gasteiger partial charge in [-0.3, -0.25) is 0 Å². The largest absolute Gasteiger partial charge is 0.497 e. The lowest BCUT2D eigenvalue weighted by atomic mass is 9.93. The monoisotopic (exact) mass is 301 g/mol. The lowest BCUT2D eigenvalue weighted by Gasteiger charge is -2.11. The summed E-state index contributed by atoms with van der Waals surface area (Å²) in [6.45, 7) is 0. The summed E-state index contributed by atoms with van der Waals surface area (Å²) in [5.74, 6) is 1.20. The molecule has 21 heavy (non-hydrogen) atoms. The van der Waals surface area contributed by atoms with Gasteiger partial charge in [0, 0.05) is 0 Å². The minimum Gasteiger partial charge on any atom is -0.497 e. The second-order valence-electron chi connectivity index (χ2n) is 4.63. The van der Waals surface area contributed by atoms with Crippen LogP contribution in [0.5, 0.6) is 11.5 Å². The lowest BCUT2D eigenvalue weighted by molar-refractivity contribution is 0.414. The van der Waals surface area contributed by atoms with Crippen LogP contribution < -0.4 is 9.47 Å². The number of hydrogen-bond donors (Lipinski definition) is 0. The Kier molecular flexibility index (Phi) is 5.08. The maximum Gasteiger partial charge on any atom is 0.137 e. The summed E-state index contributed by atoms with van der Waals surface area (Å²) in [6.07, 6.45) is 0.604. The zero-order chi connectivity index (χ0) is 15.2. The van der Waals surface area contributed by atoms with Crippen LogP contribution in [0.1, 0.15) is 17.0 Å². The fourth-order valence-corrected chi connectivity index (χ4v) is 2.43. The number of nitriles is 1. The van der Waals surface area contributed by atoms with Gasteiger partial charge in [-0.05, 0) is 41.8 Å². The summed E-state index contributed by atoms with van der Waals surface area (Å²) in [5.41, 5.74) is 1.97. The molecule has 4 heteroatoms. The van der Waals surface area contributed by atoms with Gasteiger partial charge in [0.15, 0.2) is 0 Å². The average molecular weight is 302 g/mol. The first kappa shape index (κ1) is 15.2. The molecule has 0 fully saturated rings. The van der Waals surface area contributed by atoms with Crippen LogP contribution in [0.3, 0.4) is 0 Å². The van der Waals surface area contributed by atoms with E-state index in [1.807, 2.05) is 42.5 Å². The maximum absolute atomic E-state index is 9.40. The maximum atomic E-state index is 9.40. The van der Waals surface area contributed by atoms with Gasteiger partial charge in [-0.15, -0.1) is 0 Å². The van der Waals surface area contributed by atoms with E-state index < -0.39 is 0 Å². The quantitative estimate of drug-likeness (QED) is 0.831. The Bertz CT molecular complexity index is 647. The third-order valence-electron chi connectivity index (χ3n) is 3.33. The van der Waals surface area contributed by atoms with Crippen LogP contribution in [0.25, 0.3) is 0 Å². The molecule has 3 nitrogen and oxygen atoms in total. The van der Waals surface area contributed by atoms with Crippen LogP contribution in [0.2, 0.25) is 5.02 Å². The first-order valence-electron chi connectivity index (χ1n) is 6.54. The minimum absolute atomic E-state index is 0.222. The van der Waals surface area contributed by atoms with Gasteiger partial charge in [0.05, 0.1) is 31.2 Å². The molecule has 2 aromatic rings. The normalized spacial score (nSPS) is 11.5. The number of benzene rings is 2. The van der Waals surface area contributed by atoms with Gasteiger partial charge in [-0.1, -0.05) is 29.8 Å². The topological polar surface area (TPSA) is 42.2 Å². The third-order valence-corrected chi connectivity index (χ3v) is 3.63. The molecule has 0 radical (unpaired) electrons. The molecule has 0 aliphatic rings. The molecule has 2 aromatic carbocycles. The van der Waals surface area contributed by atoms with Gasteiger partial charge >= 0.3 is 0 Å². The van der Waals surface area contributed by atoms with E-state index in [4.69, 9.17) is 21.1 Å². The molecule has 0 saturated carbocycles. The molecule has 108 valence electrons. The van der Waals surface area contributed by atoms with Crippen LogP contribution in [0, 0.1) is 11.3 Å². The molecule has 1 atom stereocenters. The van der Waals surface area contributed by atoms with Gasteiger partial charge in [0.25, 0.3) is 0 Å². The first-order chi connectivity index (χ1) is 10.2. The summed E-state index contributed by atoms with van der Waals surface area (Å²) in [7, 11) is 3.20. The van der Waals surface area contributed by atoms with Gasteiger partial charge < -0.3 is 9.47 Å². The highest BCUT2D eigenvalue weighted by atomic mass is 35.5. The van der Waals surface area contributed by atoms with Crippen molar-refractivity contribution < 1.29 is 9.47 Å². The van der Waals surface area contributed by atoms with E-state index in [9.17, 15) is 5.26 Å². The van der Waals surface area contributed by atoms with Crippen molar-refractivity contribution >= 4 is 11.6 Å². The molecule has 0 aliphatic heterocycles. The molecular formula is C17H16ClNO2. The summed E-state index contributed by atoms with van der Waals surface area (Å²) < 4.78 is 10.3. The molecular weight excluding hydrogens is 286 g/mol. The molecule has 0 N–H and O–H groups in total. The van der Waals surface area contributed by atoms with Gasteiger partial charge in [0.1, 0.15) is 11.5 Å². The summed E-state index contributed by atoms with van der Waals surface area (Å²) in [5, 5.41) is 9.96. The number of hydrogen-bond acceptors (Lipinski definition) is 3. The third kappa shape index (κ3) is 3.68. The Morgan fingerprint density at radius 1 is 1.10 bits per heavy atom. The minimum atomic E-state index is -0.222. The Morgan fingerprint density at radius 3 is 2.33 bits per heavy atom. The van der Waals surface area contributed by atoms with Crippen LogP contribution in [-0.4, -0.2) is 14.2 Å². The van der Waals surface area contributed by atoms with Gasteiger partial charge in [0.2, 0.25) is 0 Å². The zero-order valence-electron chi connectivity index (χ0n) is 12.0. The standard InChI is InChI=1S/C17H16ClNO2/c1-20-15-6-4-13(5-7-15)14(11-19)9-12-3-8-17(21-2)16(18)10-12/h3-8,10,14H,9H2,1-2H3. The van der Waals surface area contributed by atoms with Crippen LogP contribution in [0.15, 0.2) is 42.5 Å². The number of methoxy groups -OCH3 is 2.